The van der Waals surface area contributed by atoms with Crippen LogP contribution < -0.4 is 5.32 Å². The summed E-state index contributed by atoms with van der Waals surface area (Å²) in [5.41, 5.74) is 0.348. The summed E-state index contributed by atoms with van der Waals surface area (Å²) in [6, 6.07) is 0. The molecule has 2 aliphatic carbocycles. The molecule has 3 atom stereocenters. The van der Waals surface area contributed by atoms with Crippen molar-refractivity contribution >= 4 is 34.2 Å². The summed E-state index contributed by atoms with van der Waals surface area (Å²) < 4.78 is 0.599. The number of thiocarbonyl (C=S) groups is 1. The zero-order valence-corrected chi connectivity index (χ0v) is 11.8. The van der Waals surface area contributed by atoms with Gasteiger partial charge in [-0.05, 0) is 42.4 Å². The van der Waals surface area contributed by atoms with E-state index in [0.717, 1.165) is 16.7 Å². The maximum atomic E-state index is 11.7. The monoisotopic (exact) mass is 267 g/mol. The second-order valence-corrected chi connectivity index (χ2v) is 7.71. The van der Waals surface area contributed by atoms with Gasteiger partial charge in [0.2, 0.25) is 0 Å². The molecule has 0 radical (unpaired) electrons. The van der Waals surface area contributed by atoms with Gasteiger partial charge < -0.3 is 5.32 Å². The van der Waals surface area contributed by atoms with E-state index in [1.807, 2.05) is 0 Å². The van der Waals surface area contributed by atoms with Crippen molar-refractivity contribution in [3.05, 3.63) is 11.0 Å². The van der Waals surface area contributed by atoms with Crippen molar-refractivity contribution < 1.29 is 4.79 Å². The molecule has 3 fully saturated rings. The largest absolute Gasteiger partial charge is 0.307 e. The van der Waals surface area contributed by atoms with Crippen molar-refractivity contribution in [3.8, 4) is 0 Å². The second kappa shape index (κ2) is 3.82. The van der Waals surface area contributed by atoms with Crippen LogP contribution in [0, 0.1) is 23.2 Å². The molecule has 1 heterocycles. The molecule has 1 N–H and O–H groups in total. The van der Waals surface area contributed by atoms with Crippen LogP contribution >= 0.6 is 24.0 Å². The summed E-state index contributed by atoms with van der Waals surface area (Å²) in [5.74, 6) is 2.18. The molecule has 0 aromatic heterocycles. The second-order valence-electron chi connectivity index (χ2n) is 5.99. The number of carbonyl (C=O) groups is 1. The minimum absolute atomic E-state index is 0.00132. The van der Waals surface area contributed by atoms with Gasteiger partial charge in [-0.3, -0.25) is 4.79 Å². The van der Waals surface area contributed by atoms with Crippen LogP contribution in [0.15, 0.2) is 11.0 Å². The van der Waals surface area contributed by atoms with E-state index >= 15 is 0 Å². The van der Waals surface area contributed by atoms with Crippen molar-refractivity contribution in [1.82, 2.24) is 5.32 Å². The van der Waals surface area contributed by atoms with Gasteiger partial charge in [0.05, 0.1) is 4.91 Å². The number of nitrogens with one attached hydrogen (secondary N) is 1. The molecular weight excluding hydrogens is 250 g/mol. The fourth-order valence-corrected chi connectivity index (χ4v) is 4.91. The predicted molar refractivity (Wildman–Crippen MR) is 74.5 cm³/mol. The van der Waals surface area contributed by atoms with Crippen LogP contribution in [0.2, 0.25) is 0 Å². The number of rotatable bonds is 1. The van der Waals surface area contributed by atoms with Gasteiger partial charge in [0.25, 0.3) is 5.91 Å². The van der Waals surface area contributed by atoms with Gasteiger partial charge in [-0.1, -0.05) is 43.9 Å². The number of carbonyl (C=O) groups excluding carboxylic acids is 1. The first-order chi connectivity index (χ1) is 7.98. The molecule has 0 aromatic carbocycles. The molecule has 0 aromatic rings. The standard InChI is InChI=1S/C13H17NOS2/c1-13(2)8-4-3-7(5-8)9(13)6-10-11(15)14-12(16)17-10/h6-9H,3-5H2,1-2H3,(H,14,15,16)/b10-6+/t7-,8+,9-/m0/s1. The SMILES string of the molecule is CC1(C)[C@@H]2CC[C@@H](C2)[C@@H]1/C=C1/SC(=S)NC1=O. The molecule has 0 spiro atoms. The lowest BCUT2D eigenvalue weighted by Gasteiger charge is -2.36. The topological polar surface area (TPSA) is 29.1 Å². The van der Waals surface area contributed by atoms with Crippen molar-refractivity contribution in [2.45, 2.75) is 33.1 Å². The smallest absolute Gasteiger partial charge is 0.263 e. The zero-order chi connectivity index (χ0) is 12.2. The fourth-order valence-electron chi connectivity index (χ4n) is 3.85. The zero-order valence-electron chi connectivity index (χ0n) is 10.2. The highest BCUT2D eigenvalue weighted by atomic mass is 32.2. The Kier molecular flexibility index (Phi) is 2.63. The Morgan fingerprint density at radius 2 is 2.24 bits per heavy atom. The van der Waals surface area contributed by atoms with Gasteiger partial charge in [0.15, 0.2) is 0 Å². The molecule has 2 bridgehead atoms. The van der Waals surface area contributed by atoms with E-state index in [0.29, 0.717) is 15.7 Å². The first kappa shape index (κ1) is 11.7. The highest BCUT2D eigenvalue weighted by molar-refractivity contribution is 8.26. The van der Waals surface area contributed by atoms with Gasteiger partial charge in [-0.25, -0.2) is 0 Å². The Labute approximate surface area is 112 Å². The Morgan fingerprint density at radius 3 is 2.76 bits per heavy atom. The Balaban J connectivity index is 1.88. The van der Waals surface area contributed by atoms with E-state index in [1.54, 1.807) is 0 Å². The molecule has 3 aliphatic rings. The first-order valence-corrected chi connectivity index (χ1v) is 7.46. The molecule has 2 saturated carbocycles. The summed E-state index contributed by atoms with van der Waals surface area (Å²) in [6.07, 6.45) is 6.25. The maximum absolute atomic E-state index is 11.7. The summed E-state index contributed by atoms with van der Waals surface area (Å²) >= 11 is 6.45. The number of fused-ring (bicyclic) bond motifs is 2. The van der Waals surface area contributed by atoms with Crippen LogP contribution in [0.3, 0.4) is 0 Å². The lowest BCUT2D eigenvalue weighted by Crippen LogP contribution is -2.29. The van der Waals surface area contributed by atoms with E-state index in [4.69, 9.17) is 12.2 Å². The molecule has 3 rings (SSSR count). The average Bonchev–Trinajstić information content (AvgIpc) is 2.86. The van der Waals surface area contributed by atoms with Crippen LogP contribution in [-0.4, -0.2) is 10.2 Å². The minimum atomic E-state index is -0.00132. The lowest BCUT2D eigenvalue weighted by atomic mass is 9.68. The van der Waals surface area contributed by atoms with E-state index in [2.05, 4.69) is 25.2 Å². The third kappa shape index (κ3) is 1.76. The fraction of sp³-hybridized carbons (Fsp3) is 0.692. The highest BCUT2D eigenvalue weighted by Gasteiger charge is 2.52. The molecule has 17 heavy (non-hydrogen) atoms. The van der Waals surface area contributed by atoms with Crippen LogP contribution in [0.25, 0.3) is 0 Å². The molecule has 4 heteroatoms. The Bertz CT molecular complexity index is 427. The molecule has 92 valence electrons. The third-order valence-corrected chi connectivity index (χ3v) is 6.05. The summed E-state index contributed by atoms with van der Waals surface area (Å²) in [7, 11) is 0. The van der Waals surface area contributed by atoms with Crippen molar-refractivity contribution in [2.24, 2.45) is 23.2 Å². The molecule has 0 unspecified atom stereocenters. The van der Waals surface area contributed by atoms with Gasteiger partial charge >= 0.3 is 0 Å². The molecule has 1 amide bonds. The molecular formula is C13H17NOS2. The molecule has 1 aliphatic heterocycles. The maximum Gasteiger partial charge on any atom is 0.263 e. The third-order valence-electron chi connectivity index (χ3n) is 4.87. The van der Waals surface area contributed by atoms with Crippen LogP contribution in [-0.2, 0) is 4.79 Å². The Hall–Kier alpha value is -0.350. The highest BCUT2D eigenvalue weighted by Crippen LogP contribution is 2.60. The number of amides is 1. The van der Waals surface area contributed by atoms with Crippen LogP contribution in [0.1, 0.15) is 33.1 Å². The van der Waals surface area contributed by atoms with E-state index in [-0.39, 0.29) is 5.91 Å². The van der Waals surface area contributed by atoms with E-state index < -0.39 is 0 Å². The number of hydrogen-bond acceptors (Lipinski definition) is 3. The minimum Gasteiger partial charge on any atom is -0.307 e. The predicted octanol–water partition coefficient (Wildman–Crippen LogP) is 3.09. The summed E-state index contributed by atoms with van der Waals surface area (Å²) in [5, 5.41) is 2.70. The van der Waals surface area contributed by atoms with Crippen LogP contribution in [0.4, 0.5) is 0 Å². The van der Waals surface area contributed by atoms with E-state index in [9.17, 15) is 4.79 Å². The van der Waals surface area contributed by atoms with Crippen molar-refractivity contribution in [2.75, 3.05) is 0 Å². The summed E-state index contributed by atoms with van der Waals surface area (Å²) in [4.78, 5) is 12.5. The van der Waals surface area contributed by atoms with Gasteiger partial charge in [0.1, 0.15) is 4.32 Å². The number of hydrogen-bond donors (Lipinski definition) is 1. The quantitative estimate of drug-likeness (QED) is 0.585. The summed E-state index contributed by atoms with van der Waals surface area (Å²) in [6.45, 7) is 4.71. The van der Waals surface area contributed by atoms with Crippen molar-refractivity contribution in [3.63, 3.8) is 0 Å². The van der Waals surface area contributed by atoms with Gasteiger partial charge in [-0.2, -0.15) is 0 Å². The molecule has 1 saturated heterocycles. The van der Waals surface area contributed by atoms with E-state index in [1.165, 1.54) is 31.0 Å². The van der Waals surface area contributed by atoms with Crippen molar-refractivity contribution in [1.29, 1.82) is 0 Å². The average molecular weight is 267 g/mol. The first-order valence-electron chi connectivity index (χ1n) is 6.23. The number of thioether (sulfide) groups is 1. The molecule has 2 nitrogen and oxygen atoms in total. The van der Waals surface area contributed by atoms with Gasteiger partial charge in [0, 0.05) is 0 Å². The lowest BCUT2D eigenvalue weighted by molar-refractivity contribution is -0.115. The number of allylic oxidation sites excluding steroid dienone is 1. The van der Waals surface area contributed by atoms with Gasteiger partial charge in [-0.15, -0.1) is 0 Å². The Morgan fingerprint density at radius 1 is 1.47 bits per heavy atom. The normalized spacial score (nSPS) is 41.3. The van der Waals surface area contributed by atoms with Crippen LogP contribution in [0.5, 0.6) is 0 Å².